The second-order valence-corrected chi connectivity index (χ2v) is 7.84. The molecule has 2 unspecified atom stereocenters. The Morgan fingerprint density at radius 2 is 1.92 bits per heavy atom. The molecule has 1 aliphatic carbocycles. The molecule has 1 aromatic heterocycles. The van der Waals surface area contributed by atoms with Gasteiger partial charge in [0.2, 0.25) is 5.91 Å². The van der Waals surface area contributed by atoms with Crippen molar-refractivity contribution in [2.24, 2.45) is 5.41 Å². The van der Waals surface area contributed by atoms with Crippen LogP contribution in [-0.2, 0) is 11.2 Å². The summed E-state index contributed by atoms with van der Waals surface area (Å²) in [7, 11) is 0. The molecule has 25 heavy (non-hydrogen) atoms. The number of carbonyl (C=O) groups excluding carboxylic acids is 1. The molecule has 1 saturated carbocycles. The molecule has 2 atom stereocenters. The summed E-state index contributed by atoms with van der Waals surface area (Å²) >= 11 is 0. The van der Waals surface area contributed by atoms with Gasteiger partial charge in [-0.2, -0.15) is 0 Å². The second kappa shape index (κ2) is 7.77. The molecule has 0 bridgehead atoms. The number of carbonyl (C=O) groups is 1. The Balaban J connectivity index is 1.63. The third kappa shape index (κ3) is 4.88. The van der Waals surface area contributed by atoms with E-state index >= 15 is 0 Å². The number of aryl methyl sites for hydroxylation is 1. The van der Waals surface area contributed by atoms with Crippen LogP contribution in [0.2, 0.25) is 0 Å². The van der Waals surface area contributed by atoms with Crippen LogP contribution in [0.25, 0.3) is 0 Å². The predicted molar refractivity (Wildman–Crippen MR) is 99.1 cm³/mol. The number of hydrogen-bond donors (Lipinski definition) is 1. The molecule has 4 nitrogen and oxygen atoms in total. The van der Waals surface area contributed by atoms with E-state index in [-0.39, 0.29) is 11.9 Å². The van der Waals surface area contributed by atoms with Gasteiger partial charge in [0, 0.05) is 30.8 Å². The van der Waals surface area contributed by atoms with E-state index in [1.165, 1.54) is 11.9 Å². The van der Waals surface area contributed by atoms with Gasteiger partial charge in [-0.05, 0) is 42.2 Å². The topological polar surface area (TPSA) is 54.9 Å². The van der Waals surface area contributed by atoms with E-state index in [1.54, 1.807) is 12.4 Å². The summed E-state index contributed by atoms with van der Waals surface area (Å²) in [5.74, 6) is 0.503. The van der Waals surface area contributed by atoms with Crippen molar-refractivity contribution in [2.75, 3.05) is 0 Å². The molecule has 3 rings (SSSR count). The number of hydrogen-bond acceptors (Lipinski definition) is 3. The van der Waals surface area contributed by atoms with Crippen molar-refractivity contribution in [3.05, 3.63) is 60.2 Å². The minimum atomic E-state index is 0.120. The smallest absolute Gasteiger partial charge is 0.220 e. The Hall–Kier alpha value is -2.23. The van der Waals surface area contributed by atoms with E-state index in [0.717, 1.165) is 24.8 Å². The van der Waals surface area contributed by atoms with Crippen LogP contribution in [0.1, 0.15) is 56.6 Å². The van der Waals surface area contributed by atoms with Gasteiger partial charge in [0.25, 0.3) is 0 Å². The summed E-state index contributed by atoms with van der Waals surface area (Å²) in [4.78, 5) is 20.5. The van der Waals surface area contributed by atoms with Crippen molar-refractivity contribution in [1.82, 2.24) is 15.3 Å². The van der Waals surface area contributed by atoms with Gasteiger partial charge in [0.15, 0.2) is 0 Å². The van der Waals surface area contributed by atoms with Crippen molar-refractivity contribution in [1.29, 1.82) is 0 Å². The first kappa shape index (κ1) is 17.6. The molecule has 0 spiro atoms. The van der Waals surface area contributed by atoms with Gasteiger partial charge in [-0.25, -0.2) is 9.97 Å². The summed E-state index contributed by atoms with van der Waals surface area (Å²) < 4.78 is 0. The molecule has 4 heteroatoms. The first-order valence-corrected chi connectivity index (χ1v) is 9.12. The normalized spacial score (nSPS) is 22.3. The molecule has 0 radical (unpaired) electrons. The molecule has 2 aromatic rings. The van der Waals surface area contributed by atoms with E-state index in [4.69, 9.17) is 0 Å². The summed E-state index contributed by atoms with van der Waals surface area (Å²) in [5.41, 5.74) is 2.66. The molecule has 1 fully saturated rings. The lowest BCUT2D eigenvalue weighted by Crippen LogP contribution is -2.44. The lowest BCUT2D eigenvalue weighted by molar-refractivity contribution is -0.122. The Morgan fingerprint density at radius 3 is 2.64 bits per heavy atom. The number of amides is 1. The van der Waals surface area contributed by atoms with Gasteiger partial charge < -0.3 is 5.32 Å². The summed E-state index contributed by atoms with van der Waals surface area (Å²) in [6.45, 7) is 4.66. The first-order chi connectivity index (χ1) is 12.0. The van der Waals surface area contributed by atoms with Crippen molar-refractivity contribution in [2.45, 2.75) is 57.9 Å². The minimum absolute atomic E-state index is 0.120. The molecule has 0 saturated heterocycles. The van der Waals surface area contributed by atoms with Gasteiger partial charge in [-0.15, -0.1) is 0 Å². The molecular formula is C21H27N3O. The number of benzene rings is 1. The largest absolute Gasteiger partial charge is 0.353 e. The van der Waals surface area contributed by atoms with Crippen LogP contribution in [0, 0.1) is 5.41 Å². The standard InChI is InChI=1S/C21H27N3O/c1-21(2)11-10-19(18(12-21)17-6-4-3-5-7-17)24-20(25)9-8-16-13-22-15-23-14-16/h3-7,13-15,18-19H,8-12H2,1-2H3,(H,24,25). The number of nitrogens with zero attached hydrogens (tertiary/aromatic N) is 2. The molecule has 1 heterocycles. The molecule has 132 valence electrons. The quantitative estimate of drug-likeness (QED) is 0.900. The minimum Gasteiger partial charge on any atom is -0.353 e. The lowest BCUT2D eigenvalue weighted by atomic mass is 9.68. The van der Waals surface area contributed by atoms with Gasteiger partial charge in [-0.1, -0.05) is 44.2 Å². The van der Waals surface area contributed by atoms with Crippen LogP contribution >= 0.6 is 0 Å². The molecular weight excluding hydrogens is 310 g/mol. The maximum absolute atomic E-state index is 12.5. The van der Waals surface area contributed by atoms with Gasteiger partial charge in [-0.3, -0.25) is 4.79 Å². The Bertz CT molecular complexity index is 685. The number of aromatic nitrogens is 2. The predicted octanol–water partition coefficient (Wildman–Crippen LogP) is 3.89. The second-order valence-electron chi connectivity index (χ2n) is 7.84. The van der Waals surface area contributed by atoms with Crippen molar-refractivity contribution in [3.8, 4) is 0 Å². The maximum atomic E-state index is 12.5. The SMILES string of the molecule is CC1(C)CCC(NC(=O)CCc2cncnc2)C(c2ccccc2)C1. The highest BCUT2D eigenvalue weighted by molar-refractivity contribution is 5.76. The Morgan fingerprint density at radius 1 is 1.20 bits per heavy atom. The fraction of sp³-hybridized carbons (Fsp3) is 0.476. The van der Waals surface area contributed by atoms with Crippen molar-refractivity contribution in [3.63, 3.8) is 0 Å². The number of nitrogens with one attached hydrogen (secondary N) is 1. The highest BCUT2D eigenvalue weighted by Crippen LogP contribution is 2.43. The van der Waals surface area contributed by atoms with Crippen LogP contribution in [-0.4, -0.2) is 21.9 Å². The average molecular weight is 337 g/mol. The molecule has 0 aliphatic heterocycles. The fourth-order valence-corrected chi connectivity index (χ4v) is 3.81. The third-order valence-corrected chi connectivity index (χ3v) is 5.22. The zero-order chi connectivity index (χ0) is 17.7. The fourth-order valence-electron chi connectivity index (χ4n) is 3.81. The summed E-state index contributed by atoms with van der Waals surface area (Å²) in [6, 6.07) is 10.8. The van der Waals surface area contributed by atoms with Crippen molar-refractivity contribution < 1.29 is 4.79 Å². The highest BCUT2D eigenvalue weighted by atomic mass is 16.1. The monoisotopic (exact) mass is 337 g/mol. The molecule has 1 amide bonds. The van der Waals surface area contributed by atoms with Crippen LogP contribution < -0.4 is 5.32 Å². The van der Waals surface area contributed by atoms with Gasteiger partial charge >= 0.3 is 0 Å². The zero-order valence-corrected chi connectivity index (χ0v) is 15.1. The third-order valence-electron chi connectivity index (χ3n) is 5.22. The van der Waals surface area contributed by atoms with Crippen LogP contribution in [0.4, 0.5) is 0 Å². The van der Waals surface area contributed by atoms with Crippen molar-refractivity contribution >= 4 is 5.91 Å². The Kier molecular flexibility index (Phi) is 5.47. The van der Waals surface area contributed by atoms with Gasteiger partial charge in [0.1, 0.15) is 6.33 Å². The van der Waals surface area contributed by atoms with Gasteiger partial charge in [0.05, 0.1) is 0 Å². The summed E-state index contributed by atoms with van der Waals surface area (Å²) in [5, 5.41) is 3.30. The van der Waals surface area contributed by atoms with E-state index < -0.39 is 0 Å². The van der Waals surface area contributed by atoms with E-state index in [0.29, 0.717) is 24.2 Å². The van der Waals surface area contributed by atoms with Crippen LogP contribution in [0.5, 0.6) is 0 Å². The van der Waals surface area contributed by atoms with E-state index in [9.17, 15) is 4.79 Å². The first-order valence-electron chi connectivity index (χ1n) is 9.12. The van der Waals surface area contributed by atoms with Crippen LogP contribution in [0.15, 0.2) is 49.1 Å². The van der Waals surface area contributed by atoms with Crippen LogP contribution in [0.3, 0.4) is 0 Å². The molecule has 1 aliphatic rings. The Labute approximate surface area is 150 Å². The maximum Gasteiger partial charge on any atom is 0.220 e. The zero-order valence-electron chi connectivity index (χ0n) is 15.1. The molecule has 1 N–H and O–H groups in total. The molecule has 1 aromatic carbocycles. The highest BCUT2D eigenvalue weighted by Gasteiger charge is 2.36. The van der Waals surface area contributed by atoms with E-state index in [1.807, 2.05) is 6.07 Å². The lowest BCUT2D eigenvalue weighted by Gasteiger charge is -2.41. The summed E-state index contributed by atoms with van der Waals surface area (Å²) in [6.07, 6.45) is 9.51. The van der Waals surface area contributed by atoms with E-state index in [2.05, 4.69) is 53.4 Å². The average Bonchev–Trinajstić information content (AvgIpc) is 2.63. The number of rotatable bonds is 5.